The van der Waals surface area contributed by atoms with Crippen LogP contribution in [0.2, 0.25) is 0 Å². The van der Waals surface area contributed by atoms with Gasteiger partial charge in [0.2, 0.25) is 5.91 Å². The predicted molar refractivity (Wildman–Crippen MR) is 105 cm³/mol. The lowest BCUT2D eigenvalue weighted by Crippen LogP contribution is -2.45. The van der Waals surface area contributed by atoms with E-state index in [2.05, 4.69) is 6.07 Å². The number of fused-ring (bicyclic) bond motifs is 3. The van der Waals surface area contributed by atoms with E-state index in [0.717, 1.165) is 12.8 Å². The van der Waals surface area contributed by atoms with Gasteiger partial charge in [0.05, 0.1) is 29.9 Å². The molecule has 2 aliphatic heterocycles. The second-order valence-corrected chi connectivity index (χ2v) is 7.52. The molecule has 0 unspecified atom stereocenters. The zero-order chi connectivity index (χ0) is 21.0. The molecule has 1 aromatic rings. The molecule has 3 atom stereocenters. The van der Waals surface area contributed by atoms with Crippen molar-refractivity contribution in [3.05, 3.63) is 29.3 Å². The van der Waals surface area contributed by atoms with Crippen molar-refractivity contribution in [1.29, 1.82) is 5.26 Å². The first-order valence-corrected chi connectivity index (χ1v) is 9.78. The Bertz CT molecular complexity index is 806. The number of hydrogen-bond donors (Lipinski definition) is 0. The van der Waals surface area contributed by atoms with Crippen LogP contribution >= 0.6 is 0 Å². The van der Waals surface area contributed by atoms with E-state index in [0.29, 0.717) is 13.0 Å². The molecule has 1 aromatic carbocycles. The van der Waals surface area contributed by atoms with Crippen LogP contribution in [0, 0.1) is 11.3 Å². The summed E-state index contributed by atoms with van der Waals surface area (Å²) in [6, 6.07) is 6.92. The number of amides is 2. The average Bonchev–Trinajstić information content (AvgIpc) is 2.74. The van der Waals surface area contributed by atoms with E-state index in [4.69, 9.17) is 14.2 Å². The van der Waals surface area contributed by atoms with Gasteiger partial charge in [-0.3, -0.25) is 9.59 Å². The summed E-state index contributed by atoms with van der Waals surface area (Å²) in [7, 11) is 4.94. The molecule has 1 fully saturated rings. The molecule has 0 saturated carbocycles. The lowest BCUT2D eigenvalue weighted by Gasteiger charge is -2.36. The monoisotopic (exact) mass is 401 g/mol. The molecule has 3 rings (SSSR count). The summed E-state index contributed by atoms with van der Waals surface area (Å²) >= 11 is 0. The van der Waals surface area contributed by atoms with Crippen LogP contribution in [-0.4, -0.2) is 80.8 Å². The van der Waals surface area contributed by atoms with Gasteiger partial charge in [0, 0.05) is 27.7 Å². The van der Waals surface area contributed by atoms with Gasteiger partial charge < -0.3 is 24.0 Å². The van der Waals surface area contributed by atoms with Gasteiger partial charge in [-0.25, -0.2) is 0 Å². The van der Waals surface area contributed by atoms with E-state index in [1.165, 1.54) is 4.90 Å². The first-order chi connectivity index (χ1) is 13.9. The van der Waals surface area contributed by atoms with Gasteiger partial charge in [-0.05, 0) is 31.4 Å². The number of rotatable bonds is 1. The summed E-state index contributed by atoms with van der Waals surface area (Å²) in [5.74, 6) is -0.314. The zero-order valence-corrected chi connectivity index (χ0v) is 17.1. The number of carbonyl (C=O) groups is 2. The van der Waals surface area contributed by atoms with Gasteiger partial charge in [0.25, 0.3) is 5.91 Å². The Morgan fingerprint density at radius 3 is 2.69 bits per heavy atom. The third-order valence-electron chi connectivity index (χ3n) is 5.55. The fourth-order valence-electron chi connectivity index (χ4n) is 3.75. The molecule has 2 aliphatic rings. The number of carbonyl (C=O) groups excluding carboxylic acids is 2. The van der Waals surface area contributed by atoms with Gasteiger partial charge in [-0.15, -0.1) is 0 Å². The number of ether oxygens (including phenoxy) is 3. The van der Waals surface area contributed by atoms with Gasteiger partial charge in [-0.2, -0.15) is 5.26 Å². The normalized spacial score (nSPS) is 26.2. The first kappa shape index (κ1) is 21.1. The van der Waals surface area contributed by atoms with E-state index < -0.39 is 0 Å². The van der Waals surface area contributed by atoms with Crippen LogP contribution in [0.1, 0.15) is 35.2 Å². The fraction of sp³-hybridized carbons (Fsp3) is 0.571. The van der Waals surface area contributed by atoms with Crippen LogP contribution in [0.15, 0.2) is 18.2 Å². The van der Waals surface area contributed by atoms with Gasteiger partial charge in [0.15, 0.2) is 0 Å². The molecule has 0 spiro atoms. The third kappa shape index (κ3) is 4.69. The summed E-state index contributed by atoms with van der Waals surface area (Å²) < 4.78 is 17.7. The Kier molecular flexibility index (Phi) is 6.72. The highest BCUT2D eigenvalue weighted by molar-refractivity contribution is 5.99. The number of para-hydroxylation sites is 1. The summed E-state index contributed by atoms with van der Waals surface area (Å²) in [6.07, 6.45) is 1.91. The third-order valence-corrected chi connectivity index (χ3v) is 5.55. The summed E-state index contributed by atoms with van der Waals surface area (Å²) in [4.78, 5) is 28.5. The van der Waals surface area contributed by atoms with E-state index in [1.807, 2.05) is 0 Å². The van der Waals surface area contributed by atoms with Crippen molar-refractivity contribution < 1.29 is 23.8 Å². The molecule has 2 heterocycles. The number of methoxy groups -OCH3 is 1. The van der Waals surface area contributed by atoms with Gasteiger partial charge >= 0.3 is 0 Å². The SMILES string of the molecule is CO[C@H]1CC[C@H]2CCN(C)C(=O)CN(C)C(=O)c3cccc(C#N)c3OC[C@@H]1O2. The molecule has 0 N–H and O–H groups in total. The minimum absolute atomic E-state index is 0.00164. The summed E-state index contributed by atoms with van der Waals surface area (Å²) in [5.41, 5.74) is 0.515. The molecule has 0 aliphatic carbocycles. The Labute approximate surface area is 170 Å². The molecule has 0 aromatic heterocycles. The second-order valence-electron chi connectivity index (χ2n) is 7.52. The van der Waals surface area contributed by atoms with Gasteiger partial charge in [-0.1, -0.05) is 6.07 Å². The highest BCUT2D eigenvalue weighted by atomic mass is 16.6. The number of likely N-dealkylation sites (N-methyl/N-ethyl adjacent to an activating group) is 2. The minimum atomic E-state index is -0.373. The van der Waals surface area contributed by atoms with Crippen LogP contribution in [-0.2, 0) is 14.3 Å². The highest BCUT2D eigenvalue weighted by Crippen LogP contribution is 2.29. The van der Waals surface area contributed by atoms with Gasteiger partial charge in [0.1, 0.15) is 24.5 Å². The lowest BCUT2D eigenvalue weighted by molar-refractivity contribution is -0.145. The maximum Gasteiger partial charge on any atom is 0.257 e. The topological polar surface area (TPSA) is 92.1 Å². The van der Waals surface area contributed by atoms with Crippen molar-refractivity contribution in [2.45, 2.75) is 37.6 Å². The largest absolute Gasteiger partial charge is 0.489 e. The minimum Gasteiger partial charge on any atom is -0.489 e. The summed E-state index contributed by atoms with van der Waals surface area (Å²) in [5, 5.41) is 9.50. The van der Waals surface area contributed by atoms with Crippen LogP contribution in [0.5, 0.6) is 5.75 Å². The van der Waals surface area contributed by atoms with E-state index >= 15 is 0 Å². The summed E-state index contributed by atoms with van der Waals surface area (Å²) in [6.45, 7) is 0.670. The number of nitrogens with zero attached hydrogens (tertiary/aromatic N) is 3. The number of benzene rings is 1. The maximum atomic E-state index is 13.0. The molecule has 1 saturated heterocycles. The Balaban J connectivity index is 1.96. The van der Waals surface area contributed by atoms with Crippen molar-refractivity contribution in [2.75, 3.05) is 40.9 Å². The second kappa shape index (κ2) is 9.25. The molecule has 156 valence electrons. The van der Waals surface area contributed by atoms with Crippen LogP contribution in [0.4, 0.5) is 0 Å². The molecule has 8 heteroatoms. The average molecular weight is 401 g/mol. The first-order valence-electron chi connectivity index (χ1n) is 9.78. The Morgan fingerprint density at radius 1 is 1.17 bits per heavy atom. The Morgan fingerprint density at radius 2 is 1.97 bits per heavy atom. The molecular weight excluding hydrogens is 374 g/mol. The quantitative estimate of drug-likeness (QED) is 0.707. The molecule has 29 heavy (non-hydrogen) atoms. The lowest BCUT2D eigenvalue weighted by atomic mass is 9.99. The van der Waals surface area contributed by atoms with E-state index in [9.17, 15) is 14.9 Å². The molecule has 0 radical (unpaired) electrons. The zero-order valence-electron chi connectivity index (χ0n) is 17.1. The number of hydrogen-bond acceptors (Lipinski definition) is 6. The predicted octanol–water partition coefficient (Wildman–Crippen LogP) is 1.43. The molecule has 2 bridgehead atoms. The maximum absolute atomic E-state index is 13.0. The van der Waals surface area contributed by atoms with E-state index in [-0.39, 0.29) is 60.2 Å². The smallest absolute Gasteiger partial charge is 0.257 e. The van der Waals surface area contributed by atoms with E-state index in [1.54, 1.807) is 44.3 Å². The van der Waals surface area contributed by atoms with Crippen molar-refractivity contribution in [2.24, 2.45) is 0 Å². The van der Waals surface area contributed by atoms with Crippen molar-refractivity contribution >= 4 is 11.8 Å². The fourth-order valence-corrected chi connectivity index (χ4v) is 3.75. The number of nitriles is 1. The van der Waals surface area contributed by atoms with Crippen molar-refractivity contribution in [3.63, 3.8) is 0 Å². The van der Waals surface area contributed by atoms with Crippen LogP contribution in [0.3, 0.4) is 0 Å². The Hall–Kier alpha value is -2.63. The van der Waals surface area contributed by atoms with Crippen molar-refractivity contribution in [3.8, 4) is 11.8 Å². The molecular formula is C21H27N3O5. The molecule has 2 amide bonds. The van der Waals surface area contributed by atoms with Crippen LogP contribution in [0.25, 0.3) is 0 Å². The van der Waals surface area contributed by atoms with Crippen LogP contribution < -0.4 is 4.74 Å². The standard InChI is InChI=1S/C21H27N3O5/c1-23-10-9-15-7-8-17(27-3)18(29-15)13-28-20-14(11-22)5-4-6-16(20)21(26)24(2)12-19(23)25/h4-6,15,17-18H,7-10,12-13H2,1-3H3/t15-,17-,18-/m0/s1. The van der Waals surface area contributed by atoms with Crippen molar-refractivity contribution in [1.82, 2.24) is 9.80 Å². The highest BCUT2D eigenvalue weighted by Gasteiger charge is 2.33. The molecule has 8 nitrogen and oxygen atoms in total.